The molecular weight excluding hydrogens is 508 g/mol. The van der Waals surface area contributed by atoms with Gasteiger partial charge in [0.15, 0.2) is 4.80 Å². The van der Waals surface area contributed by atoms with Crippen LogP contribution in [0.3, 0.4) is 0 Å². The van der Waals surface area contributed by atoms with Crippen LogP contribution in [0.25, 0.3) is 11.8 Å². The monoisotopic (exact) mass is 522 g/mol. The largest absolute Gasteiger partial charge is 0.507 e. The molecule has 1 unspecified atom stereocenters. The number of benzene rings is 3. The van der Waals surface area contributed by atoms with E-state index >= 15 is 0 Å². The van der Waals surface area contributed by atoms with Crippen LogP contribution in [0.2, 0.25) is 5.02 Å². The predicted molar refractivity (Wildman–Crippen MR) is 133 cm³/mol. The Morgan fingerprint density at radius 2 is 1.81 bits per heavy atom. The molecule has 0 aliphatic carbocycles. The molecule has 5 rings (SSSR count). The Bertz CT molecular complexity index is 1520. The summed E-state index contributed by atoms with van der Waals surface area (Å²) in [6.07, 6.45) is 3.70. The van der Waals surface area contributed by atoms with Gasteiger partial charge in [-0.1, -0.05) is 81.3 Å². The van der Waals surface area contributed by atoms with Crippen LogP contribution in [0.15, 0.2) is 93.1 Å². The van der Waals surface area contributed by atoms with E-state index < -0.39 is 0 Å². The summed E-state index contributed by atoms with van der Waals surface area (Å²) >= 11 is 10.8. The van der Waals surface area contributed by atoms with E-state index in [1.54, 1.807) is 28.8 Å². The van der Waals surface area contributed by atoms with Crippen LogP contribution in [-0.4, -0.2) is 9.67 Å². The highest BCUT2D eigenvalue weighted by Crippen LogP contribution is 2.28. The molecule has 0 fully saturated rings. The second-order valence-electron chi connectivity index (χ2n) is 7.30. The van der Waals surface area contributed by atoms with Crippen LogP contribution in [0.1, 0.15) is 22.7 Å². The highest BCUT2D eigenvalue weighted by Gasteiger charge is 2.22. The number of hydrogen-bond acceptors (Lipinski definition) is 4. The minimum absolute atomic E-state index is 0.110. The Morgan fingerprint density at radius 3 is 2.56 bits per heavy atom. The molecule has 7 heteroatoms. The van der Waals surface area contributed by atoms with Gasteiger partial charge in [-0.05, 0) is 53.6 Å². The van der Waals surface area contributed by atoms with Gasteiger partial charge in [-0.15, -0.1) is 0 Å². The van der Waals surface area contributed by atoms with E-state index in [1.165, 1.54) is 11.3 Å². The summed E-state index contributed by atoms with van der Waals surface area (Å²) in [6, 6.07) is 22.2. The predicted octanol–water partition coefficient (Wildman–Crippen LogP) is 5.12. The number of aromatic hydroxyl groups is 1. The smallest absolute Gasteiger partial charge is 0.271 e. The van der Waals surface area contributed by atoms with Gasteiger partial charge < -0.3 is 5.11 Å². The molecule has 1 aromatic heterocycles. The zero-order valence-corrected chi connectivity index (χ0v) is 19.7. The molecule has 0 bridgehead atoms. The van der Waals surface area contributed by atoms with Gasteiger partial charge in [0, 0.05) is 15.1 Å². The van der Waals surface area contributed by atoms with Crippen molar-refractivity contribution in [2.24, 2.45) is 4.99 Å². The molecule has 1 aliphatic rings. The molecule has 4 aromatic rings. The first-order valence-electron chi connectivity index (χ1n) is 9.82. The van der Waals surface area contributed by atoms with Crippen LogP contribution >= 0.6 is 38.9 Å². The first kappa shape index (κ1) is 20.9. The maximum atomic E-state index is 13.4. The average molecular weight is 524 g/mol. The summed E-state index contributed by atoms with van der Waals surface area (Å²) in [7, 11) is 0. The number of rotatable bonds is 3. The standard InChI is InChI=1S/C25H16BrClN2O2S/c26-18-8-11-22(30)17(12-18)13-23-24(31)29-21(16-6-9-19(27)10-7-16)14-20(28-25(29)32-23)15-4-2-1-3-5-15/h1-14,21,30H. The zero-order valence-electron chi connectivity index (χ0n) is 16.6. The summed E-state index contributed by atoms with van der Waals surface area (Å²) in [5.41, 5.74) is 3.14. The molecule has 1 aliphatic heterocycles. The van der Waals surface area contributed by atoms with E-state index in [4.69, 9.17) is 16.6 Å². The second-order valence-corrected chi connectivity index (χ2v) is 9.66. The van der Waals surface area contributed by atoms with Crippen LogP contribution in [0.5, 0.6) is 5.75 Å². The van der Waals surface area contributed by atoms with Crippen LogP contribution < -0.4 is 14.9 Å². The van der Waals surface area contributed by atoms with E-state index in [1.807, 2.05) is 60.7 Å². The van der Waals surface area contributed by atoms with E-state index in [9.17, 15) is 9.90 Å². The Labute approximate surface area is 201 Å². The molecule has 4 nitrogen and oxygen atoms in total. The van der Waals surface area contributed by atoms with Crippen LogP contribution in [-0.2, 0) is 0 Å². The zero-order chi connectivity index (χ0) is 22.2. The van der Waals surface area contributed by atoms with E-state index in [-0.39, 0.29) is 17.4 Å². The normalized spacial score (nSPS) is 15.8. The summed E-state index contributed by atoms with van der Waals surface area (Å²) < 4.78 is 3.01. The first-order chi connectivity index (χ1) is 15.5. The lowest BCUT2D eigenvalue weighted by Crippen LogP contribution is -2.36. The molecular formula is C25H16BrClN2O2S. The van der Waals surface area contributed by atoms with Crippen LogP contribution in [0, 0.1) is 0 Å². The summed E-state index contributed by atoms with van der Waals surface area (Å²) in [5, 5.41) is 10.9. The van der Waals surface area contributed by atoms with Crippen molar-refractivity contribution in [2.75, 3.05) is 0 Å². The van der Waals surface area contributed by atoms with Crippen molar-refractivity contribution in [1.29, 1.82) is 0 Å². The molecule has 1 atom stereocenters. The third-order valence-corrected chi connectivity index (χ3v) is 6.93. The number of hydrogen-bond donors (Lipinski definition) is 1. The van der Waals surface area contributed by atoms with Crippen molar-refractivity contribution in [2.45, 2.75) is 6.04 Å². The number of phenolic OH excluding ortho intramolecular Hbond substituents is 1. The number of halogens is 2. The lowest BCUT2D eigenvalue weighted by molar-refractivity contribution is 0.474. The van der Waals surface area contributed by atoms with E-state index in [0.717, 1.165) is 21.3 Å². The fraction of sp³-hybridized carbons (Fsp3) is 0.0400. The molecule has 0 radical (unpaired) electrons. The lowest BCUT2D eigenvalue weighted by atomic mass is 10.0. The highest BCUT2D eigenvalue weighted by atomic mass is 79.9. The molecule has 2 heterocycles. The Balaban J connectivity index is 1.75. The average Bonchev–Trinajstić information content (AvgIpc) is 3.12. The Morgan fingerprint density at radius 1 is 1.06 bits per heavy atom. The number of aromatic nitrogens is 1. The van der Waals surface area contributed by atoms with Gasteiger partial charge in [0.1, 0.15) is 5.75 Å². The van der Waals surface area contributed by atoms with Gasteiger partial charge in [0.2, 0.25) is 0 Å². The van der Waals surface area contributed by atoms with Crippen molar-refractivity contribution in [3.63, 3.8) is 0 Å². The molecule has 158 valence electrons. The minimum Gasteiger partial charge on any atom is -0.507 e. The Hall–Kier alpha value is -2.93. The lowest BCUT2D eigenvalue weighted by Gasteiger charge is -2.19. The molecule has 0 saturated heterocycles. The van der Waals surface area contributed by atoms with Crippen molar-refractivity contribution in [3.8, 4) is 5.75 Å². The van der Waals surface area contributed by atoms with E-state index in [2.05, 4.69) is 15.9 Å². The minimum atomic E-state index is -0.322. The summed E-state index contributed by atoms with van der Waals surface area (Å²) in [6.45, 7) is 0. The quantitative estimate of drug-likeness (QED) is 0.405. The number of allylic oxidation sites excluding steroid dienone is 1. The second kappa shape index (κ2) is 8.54. The van der Waals surface area contributed by atoms with E-state index in [0.29, 0.717) is 19.9 Å². The first-order valence-corrected chi connectivity index (χ1v) is 11.8. The fourth-order valence-electron chi connectivity index (χ4n) is 3.63. The third kappa shape index (κ3) is 3.97. The van der Waals surface area contributed by atoms with Gasteiger partial charge in [-0.3, -0.25) is 9.36 Å². The fourth-order valence-corrected chi connectivity index (χ4v) is 5.14. The number of thiazole rings is 1. The third-order valence-electron chi connectivity index (χ3n) is 5.20. The molecule has 32 heavy (non-hydrogen) atoms. The highest BCUT2D eigenvalue weighted by molar-refractivity contribution is 9.10. The topological polar surface area (TPSA) is 54.6 Å². The van der Waals surface area contributed by atoms with Gasteiger partial charge in [-0.2, -0.15) is 0 Å². The van der Waals surface area contributed by atoms with Crippen molar-refractivity contribution < 1.29 is 5.11 Å². The van der Waals surface area contributed by atoms with Gasteiger partial charge in [-0.25, -0.2) is 4.99 Å². The summed E-state index contributed by atoms with van der Waals surface area (Å²) in [5.74, 6) is 0.110. The number of phenols is 1. The maximum Gasteiger partial charge on any atom is 0.271 e. The molecule has 0 spiro atoms. The molecule has 0 saturated carbocycles. The van der Waals surface area contributed by atoms with Crippen molar-refractivity contribution in [3.05, 3.63) is 125 Å². The molecule has 0 amide bonds. The Kier molecular flexibility index (Phi) is 5.59. The molecule has 1 N–H and O–H groups in total. The number of nitrogens with zero attached hydrogens (tertiary/aromatic N) is 2. The van der Waals surface area contributed by atoms with Gasteiger partial charge in [0.25, 0.3) is 5.56 Å². The summed E-state index contributed by atoms with van der Waals surface area (Å²) in [4.78, 5) is 18.8. The van der Waals surface area contributed by atoms with Crippen molar-refractivity contribution in [1.82, 2.24) is 4.57 Å². The van der Waals surface area contributed by atoms with Gasteiger partial charge in [0.05, 0.1) is 16.3 Å². The SMILES string of the molecule is O=c1c(=Cc2cc(Br)ccc2O)sc2n1C(c1ccc(Cl)cc1)C=C(c1ccccc1)N=2. The molecule has 3 aromatic carbocycles. The van der Waals surface area contributed by atoms with Gasteiger partial charge >= 0.3 is 0 Å². The van der Waals surface area contributed by atoms with Crippen LogP contribution in [0.4, 0.5) is 0 Å². The maximum absolute atomic E-state index is 13.4. The van der Waals surface area contributed by atoms with Crippen molar-refractivity contribution >= 4 is 50.6 Å². The number of fused-ring (bicyclic) bond motifs is 1.